The Morgan fingerprint density at radius 1 is 1.09 bits per heavy atom. The van der Waals surface area contributed by atoms with Crippen molar-refractivity contribution in [1.82, 2.24) is 20.1 Å². The Morgan fingerprint density at radius 3 is 2.73 bits per heavy atom. The summed E-state index contributed by atoms with van der Waals surface area (Å²) in [6.45, 7) is 0.726. The van der Waals surface area contributed by atoms with Crippen LogP contribution < -0.4 is 5.32 Å². The van der Waals surface area contributed by atoms with Crippen LogP contribution in [0.5, 0.6) is 0 Å². The van der Waals surface area contributed by atoms with Crippen molar-refractivity contribution in [2.75, 3.05) is 0 Å². The summed E-state index contributed by atoms with van der Waals surface area (Å²) in [5.41, 5.74) is 5.17. The molecule has 8 heteroatoms. The van der Waals surface area contributed by atoms with Crippen LogP contribution in [-0.2, 0) is 48.4 Å². The lowest BCUT2D eigenvalue weighted by molar-refractivity contribution is -0.139. The molecule has 172 valence electrons. The first-order valence-electron chi connectivity index (χ1n) is 11.3. The third-order valence-corrected chi connectivity index (χ3v) is 5.76. The van der Waals surface area contributed by atoms with Crippen LogP contribution in [-0.4, -0.2) is 38.0 Å². The lowest BCUT2D eigenvalue weighted by Crippen LogP contribution is -2.42. The number of aliphatic carboxylic acids is 1. The molecule has 0 fully saturated rings. The molecule has 2 aromatic heterocycles. The molecule has 33 heavy (non-hydrogen) atoms. The number of nitrogens with one attached hydrogen (secondary N) is 1. The molecule has 0 bridgehead atoms. The van der Waals surface area contributed by atoms with Crippen molar-refractivity contribution in [2.24, 2.45) is 0 Å². The molecule has 1 aliphatic carbocycles. The number of carbonyl (C=O) groups is 2. The molecule has 0 saturated carbocycles. The third kappa shape index (κ3) is 6.41. The quantitative estimate of drug-likeness (QED) is 0.520. The van der Waals surface area contributed by atoms with E-state index in [-0.39, 0.29) is 13.0 Å². The van der Waals surface area contributed by atoms with E-state index in [1.165, 1.54) is 24.1 Å². The van der Waals surface area contributed by atoms with Crippen LogP contribution in [0, 0.1) is 0 Å². The second kappa shape index (κ2) is 10.8. The van der Waals surface area contributed by atoms with Crippen LogP contribution in [0.15, 0.2) is 54.9 Å². The number of nitrogens with zero attached hydrogens (tertiary/aromatic N) is 3. The Kier molecular flexibility index (Phi) is 7.34. The molecule has 4 rings (SSSR count). The summed E-state index contributed by atoms with van der Waals surface area (Å²) in [4.78, 5) is 28.5. The number of aryl methyl sites for hydroxylation is 4. The summed E-state index contributed by atoms with van der Waals surface area (Å²) < 4.78 is 6.92. The highest BCUT2D eigenvalue weighted by atomic mass is 16.5. The molecule has 8 nitrogen and oxygen atoms in total. The van der Waals surface area contributed by atoms with Crippen LogP contribution >= 0.6 is 0 Å². The van der Waals surface area contributed by atoms with Gasteiger partial charge in [0.15, 0.2) is 0 Å². The van der Waals surface area contributed by atoms with E-state index in [4.69, 9.17) is 9.72 Å². The lowest BCUT2D eigenvalue weighted by atomic mass is 9.96. The summed E-state index contributed by atoms with van der Waals surface area (Å²) in [6, 6.07) is 12.4. The second-order valence-corrected chi connectivity index (χ2v) is 8.28. The van der Waals surface area contributed by atoms with Crippen molar-refractivity contribution < 1.29 is 19.4 Å². The highest BCUT2D eigenvalue weighted by Crippen LogP contribution is 2.19. The molecule has 1 aliphatic rings. The number of carboxylic acids is 1. The van der Waals surface area contributed by atoms with Crippen molar-refractivity contribution in [2.45, 2.75) is 57.7 Å². The lowest BCUT2D eigenvalue weighted by Gasteiger charge is -2.15. The Bertz CT molecular complexity index is 1100. The Labute approximate surface area is 192 Å². The number of pyridine rings is 1. The van der Waals surface area contributed by atoms with Gasteiger partial charge in [-0.3, -0.25) is 9.67 Å². The van der Waals surface area contributed by atoms with Crippen LogP contribution in [0.3, 0.4) is 0 Å². The number of alkyl carbamates (subject to hydrolysis) is 1. The minimum atomic E-state index is -1.13. The smallest absolute Gasteiger partial charge is 0.408 e. The molecule has 1 atom stereocenters. The van der Waals surface area contributed by atoms with Gasteiger partial charge in [-0.05, 0) is 48.4 Å². The molecule has 1 aromatic carbocycles. The molecular weight excluding hydrogens is 420 g/mol. The topological polar surface area (TPSA) is 106 Å². The number of fused-ring (bicyclic) bond motifs is 1. The first-order valence-corrected chi connectivity index (χ1v) is 11.3. The molecule has 1 amide bonds. The van der Waals surface area contributed by atoms with E-state index in [9.17, 15) is 14.7 Å². The second-order valence-electron chi connectivity index (χ2n) is 8.28. The monoisotopic (exact) mass is 448 g/mol. The van der Waals surface area contributed by atoms with Crippen LogP contribution in [0.2, 0.25) is 0 Å². The number of rotatable bonds is 9. The first kappa shape index (κ1) is 22.5. The minimum Gasteiger partial charge on any atom is -0.480 e. The maximum atomic E-state index is 12.1. The fourth-order valence-corrected chi connectivity index (χ4v) is 3.97. The molecule has 3 aromatic rings. The number of carbonyl (C=O) groups excluding carboxylic acids is 1. The molecule has 0 radical (unpaired) electrons. The largest absolute Gasteiger partial charge is 0.480 e. The average Bonchev–Trinajstić information content (AvgIpc) is 3.29. The van der Waals surface area contributed by atoms with Gasteiger partial charge in [-0.2, -0.15) is 5.10 Å². The Morgan fingerprint density at radius 2 is 1.91 bits per heavy atom. The van der Waals surface area contributed by atoms with E-state index in [1.54, 1.807) is 10.9 Å². The molecule has 0 spiro atoms. The average molecular weight is 449 g/mol. The van der Waals surface area contributed by atoms with E-state index in [0.29, 0.717) is 6.54 Å². The van der Waals surface area contributed by atoms with Crippen molar-refractivity contribution in [3.63, 3.8) is 0 Å². The zero-order chi connectivity index (χ0) is 23.0. The van der Waals surface area contributed by atoms with Gasteiger partial charge in [0.25, 0.3) is 0 Å². The molecular formula is C25H28N4O4. The van der Waals surface area contributed by atoms with E-state index in [0.717, 1.165) is 36.1 Å². The van der Waals surface area contributed by atoms with Gasteiger partial charge < -0.3 is 15.2 Å². The summed E-state index contributed by atoms with van der Waals surface area (Å²) in [7, 11) is 0. The predicted molar refractivity (Wildman–Crippen MR) is 122 cm³/mol. The summed E-state index contributed by atoms with van der Waals surface area (Å²) in [5, 5.41) is 16.3. The number of hydrogen-bond acceptors (Lipinski definition) is 5. The van der Waals surface area contributed by atoms with Gasteiger partial charge in [-0.15, -0.1) is 0 Å². The number of amides is 1. The molecule has 0 aliphatic heterocycles. The number of ether oxygens (including phenoxy) is 1. The Hall–Kier alpha value is -3.68. The fraction of sp³-hybridized carbons (Fsp3) is 0.360. The highest BCUT2D eigenvalue weighted by molar-refractivity contribution is 5.80. The van der Waals surface area contributed by atoms with E-state index < -0.39 is 18.1 Å². The van der Waals surface area contributed by atoms with Crippen LogP contribution in [0.1, 0.15) is 40.9 Å². The van der Waals surface area contributed by atoms with Gasteiger partial charge in [0.1, 0.15) is 12.6 Å². The number of aromatic nitrogens is 3. The standard InChI is InChI=1S/C25H28N4O4/c30-24(31)23(28-25(32)33-17-18-6-2-1-3-7-18)14-19-15-26-29(16-19)13-12-21-11-10-20-8-4-5-9-22(20)27-21/h1-3,6-7,10-11,15-16,23H,4-5,8-9,12-14,17H2,(H,28,32)(H,30,31). The van der Waals surface area contributed by atoms with Gasteiger partial charge in [0.2, 0.25) is 0 Å². The van der Waals surface area contributed by atoms with Gasteiger partial charge in [-0.25, -0.2) is 9.59 Å². The molecule has 0 saturated heterocycles. The summed E-state index contributed by atoms with van der Waals surface area (Å²) >= 11 is 0. The number of carboxylic acid groups (broad SMARTS) is 1. The maximum absolute atomic E-state index is 12.1. The molecule has 1 unspecified atom stereocenters. The summed E-state index contributed by atoms with van der Waals surface area (Å²) in [6.07, 6.45) is 8.14. The van der Waals surface area contributed by atoms with Gasteiger partial charge >= 0.3 is 12.1 Å². The van der Waals surface area contributed by atoms with Crippen molar-refractivity contribution in [1.29, 1.82) is 0 Å². The van der Waals surface area contributed by atoms with E-state index >= 15 is 0 Å². The number of hydrogen-bond donors (Lipinski definition) is 2. The van der Waals surface area contributed by atoms with Crippen LogP contribution in [0.4, 0.5) is 4.79 Å². The predicted octanol–water partition coefficient (Wildman–Crippen LogP) is 3.32. The SMILES string of the molecule is O=C(NC(Cc1cnn(CCc2ccc3c(n2)CCCC3)c1)C(=O)O)OCc1ccccc1. The third-order valence-electron chi connectivity index (χ3n) is 5.76. The summed E-state index contributed by atoms with van der Waals surface area (Å²) in [5.74, 6) is -1.13. The van der Waals surface area contributed by atoms with Crippen LogP contribution in [0.25, 0.3) is 0 Å². The zero-order valence-corrected chi connectivity index (χ0v) is 18.4. The van der Waals surface area contributed by atoms with Gasteiger partial charge in [-0.1, -0.05) is 36.4 Å². The van der Waals surface area contributed by atoms with Gasteiger partial charge in [0.05, 0.1) is 6.20 Å². The Balaban J connectivity index is 1.28. The number of benzene rings is 1. The van der Waals surface area contributed by atoms with Crippen molar-refractivity contribution in [3.8, 4) is 0 Å². The minimum absolute atomic E-state index is 0.0771. The van der Waals surface area contributed by atoms with Crippen molar-refractivity contribution >= 4 is 12.1 Å². The molecule has 2 N–H and O–H groups in total. The van der Waals surface area contributed by atoms with Gasteiger partial charge in [0, 0.05) is 37.0 Å². The highest BCUT2D eigenvalue weighted by Gasteiger charge is 2.22. The molecule has 2 heterocycles. The van der Waals surface area contributed by atoms with E-state index in [1.807, 2.05) is 36.5 Å². The first-order chi connectivity index (χ1) is 16.1. The fourth-order valence-electron chi connectivity index (χ4n) is 3.97. The van der Waals surface area contributed by atoms with Crippen molar-refractivity contribution in [3.05, 3.63) is 82.9 Å². The maximum Gasteiger partial charge on any atom is 0.408 e. The van der Waals surface area contributed by atoms with E-state index in [2.05, 4.69) is 22.5 Å². The normalized spacial score (nSPS) is 13.7. The zero-order valence-electron chi connectivity index (χ0n) is 18.4.